The molecule has 16 heavy (non-hydrogen) atoms. The Balaban J connectivity index is 2.59. The minimum Gasteiger partial charge on any atom is -0.326 e. The van der Waals surface area contributed by atoms with E-state index in [0.29, 0.717) is 11.6 Å². The van der Waals surface area contributed by atoms with Crippen LogP contribution < -0.4 is 5.73 Å². The summed E-state index contributed by atoms with van der Waals surface area (Å²) in [6.45, 7) is 4.49. The Morgan fingerprint density at radius 2 is 2.12 bits per heavy atom. The number of aryl methyl sites for hydroxylation is 1. The van der Waals surface area contributed by atoms with Gasteiger partial charge in [-0.15, -0.1) is 0 Å². The fraction of sp³-hybridized carbons (Fsp3) is 0.250. The second kappa shape index (κ2) is 4.28. The molecule has 0 saturated heterocycles. The van der Waals surface area contributed by atoms with Crippen LogP contribution >= 0.6 is 11.6 Å². The van der Waals surface area contributed by atoms with E-state index in [9.17, 15) is 0 Å². The summed E-state index contributed by atoms with van der Waals surface area (Å²) in [6, 6.07) is 5.73. The van der Waals surface area contributed by atoms with Gasteiger partial charge >= 0.3 is 0 Å². The van der Waals surface area contributed by atoms with E-state index < -0.39 is 0 Å². The molecule has 0 aliphatic rings. The number of hydrogen-bond acceptors (Lipinski definition) is 2. The highest BCUT2D eigenvalue weighted by molar-refractivity contribution is 6.30. The fourth-order valence-electron chi connectivity index (χ4n) is 1.69. The van der Waals surface area contributed by atoms with Crippen molar-refractivity contribution < 1.29 is 0 Å². The first kappa shape index (κ1) is 11.2. The average Bonchev–Trinajstić information content (AvgIpc) is 2.60. The standard InChI is InChI=1S/C12H14ClN3/c1-8-9(2)16(7-15-8)12-4-3-11(13)5-10(12)6-14/h3-5,7H,6,14H2,1-2H3. The minimum atomic E-state index is 0.465. The minimum absolute atomic E-state index is 0.465. The SMILES string of the molecule is Cc1ncn(-c2ccc(Cl)cc2CN)c1C. The molecule has 0 atom stereocenters. The van der Waals surface area contributed by atoms with Crippen molar-refractivity contribution in [3.63, 3.8) is 0 Å². The van der Waals surface area contributed by atoms with Gasteiger partial charge in [-0.25, -0.2) is 4.98 Å². The Kier molecular flexibility index (Phi) is 2.99. The summed E-state index contributed by atoms with van der Waals surface area (Å²) in [4.78, 5) is 4.28. The number of benzene rings is 1. The maximum Gasteiger partial charge on any atom is 0.0997 e. The highest BCUT2D eigenvalue weighted by Crippen LogP contribution is 2.21. The van der Waals surface area contributed by atoms with Crippen molar-refractivity contribution in [2.45, 2.75) is 20.4 Å². The molecule has 4 heteroatoms. The van der Waals surface area contributed by atoms with Crippen molar-refractivity contribution in [3.05, 3.63) is 46.5 Å². The van der Waals surface area contributed by atoms with Gasteiger partial charge in [0, 0.05) is 17.3 Å². The molecule has 0 spiro atoms. The molecular formula is C12H14ClN3. The Hall–Kier alpha value is -1.32. The van der Waals surface area contributed by atoms with Crippen molar-refractivity contribution in [2.75, 3.05) is 0 Å². The summed E-state index contributed by atoms with van der Waals surface area (Å²) in [5, 5.41) is 0.707. The third kappa shape index (κ3) is 1.84. The van der Waals surface area contributed by atoms with Crippen LogP contribution in [0, 0.1) is 13.8 Å². The van der Waals surface area contributed by atoms with Crippen LogP contribution in [0.5, 0.6) is 0 Å². The van der Waals surface area contributed by atoms with Gasteiger partial charge in [0.1, 0.15) is 0 Å². The lowest BCUT2D eigenvalue weighted by Crippen LogP contribution is -2.05. The topological polar surface area (TPSA) is 43.8 Å². The molecule has 3 nitrogen and oxygen atoms in total. The molecule has 2 aromatic rings. The summed E-state index contributed by atoms with van der Waals surface area (Å²) in [5.74, 6) is 0. The molecule has 1 heterocycles. The van der Waals surface area contributed by atoms with Gasteiger partial charge in [-0.3, -0.25) is 0 Å². The van der Waals surface area contributed by atoms with Crippen LogP contribution in [0.4, 0.5) is 0 Å². The van der Waals surface area contributed by atoms with Crippen LogP contribution in [0.1, 0.15) is 17.0 Å². The molecule has 0 bridgehead atoms. The van der Waals surface area contributed by atoms with E-state index >= 15 is 0 Å². The summed E-state index contributed by atoms with van der Waals surface area (Å²) >= 11 is 5.95. The molecule has 0 amide bonds. The van der Waals surface area contributed by atoms with E-state index in [2.05, 4.69) is 4.98 Å². The highest BCUT2D eigenvalue weighted by Gasteiger charge is 2.08. The number of hydrogen-bond donors (Lipinski definition) is 1. The first-order chi connectivity index (χ1) is 7.63. The first-order valence-corrected chi connectivity index (χ1v) is 5.50. The Labute approximate surface area is 99.9 Å². The summed E-state index contributed by atoms with van der Waals surface area (Å²) in [6.07, 6.45) is 1.81. The predicted octanol–water partition coefficient (Wildman–Crippen LogP) is 2.60. The molecule has 1 aromatic heterocycles. The highest BCUT2D eigenvalue weighted by atomic mass is 35.5. The number of nitrogens with zero attached hydrogens (tertiary/aromatic N) is 2. The Morgan fingerprint density at radius 3 is 2.69 bits per heavy atom. The van der Waals surface area contributed by atoms with Gasteiger partial charge in [-0.2, -0.15) is 0 Å². The zero-order valence-corrected chi connectivity index (χ0v) is 10.1. The largest absolute Gasteiger partial charge is 0.326 e. The molecule has 0 aliphatic carbocycles. The van der Waals surface area contributed by atoms with E-state index in [1.165, 1.54) is 0 Å². The zero-order valence-electron chi connectivity index (χ0n) is 9.37. The number of imidazole rings is 1. The maximum atomic E-state index is 5.95. The zero-order chi connectivity index (χ0) is 11.7. The van der Waals surface area contributed by atoms with E-state index in [4.69, 9.17) is 17.3 Å². The number of aromatic nitrogens is 2. The normalized spacial score (nSPS) is 10.8. The van der Waals surface area contributed by atoms with Crippen LogP contribution in [-0.2, 0) is 6.54 Å². The van der Waals surface area contributed by atoms with Gasteiger partial charge in [0.2, 0.25) is 0 Å². The first-order valence-electron chi connectivity index (χ1n) is 5.13. The molecule has 1 aromatic carbocycles. The number of rotatable bonds is 2. The summed E-state index contributed by atoms with van der Waals surface area (Å²) in [7, 11) is 0. The van der Waals surface area contributed by atoms with E-state index in [0.717, 1.165) is 22.6 Å². The number of nitrogens with two attached hydrogens (primary N) is 1. The van der Waals surface area contributed by atoms with Gasteiger partial charge in [0.05, 0.1) is 17.7 Å². The fourth-order valence-corrected chi connectivity index (χ4v) is 1.89. The maximum absolute atomic E-state index is 5.95. The second-order valence-corrected chi connectivity index (χ2v) is 4.20. The van der Waals surface area contributed by atoms with Gasteiger partial charge in [0.25, 0.3) is 0 Å². The van der Waals surface area contributed by atoms with Gasteiger partial charge < -0.3 is 10.3 Å². The lowest BCUT2D eigenvalue weighted by Gasteiger charge is -2.11. The van der Waals surface area contributed by atoms with E-state index in [-0.39, 0.29) is 0 Å². The quantitative estimate of drug-likeness (QED) is 0.870. The molecule has 2 rings (SSSR count). The van der Waals surface area contributed by atoms with Crippen LogP contribution in [0.3, 0.4) is 0 Å². The van der Waals surface area contributed by atoms with Gasteiger partial charge in [-0.1, -0.05) is 11.6 Å². The Bertz CT molecular complexity index is 517. The molecule has 84 valence electrons. The molecule has 0 radical (unpaired) electrons. The Morgan fingerprint density at radius 1 is 1.38 bits per heavy atom. The molecule has 0 saturated carbocycles. The predicted molar refractivity (Wildman–Crippen MR) is 65.9 cm³/mol. The van der Waals surface area contributed by atoms with Crippen LogP contribution in [0.15, 0.2) is 24.5 Å². The third-order valence-corrected chi connectivity index (χ3v) is 3.01. The molecule has 0 unspecified atom stereocenters. The molecule has 0 fully saturated rings. The monoisotopic (exact) mass is 235 g/mol. The summed E-state index contributed by atoms with van der Waals surface area (Å²) < 4.78 is 2.04. The third-order valence-electron chi connectivity index (χ3n) is 2.77. The molecular weight excluding hydrogens is 222 g/mol. The van der Waals surface area contributed by atoms with Crippen molar-refractivity contribution in [1.29, 1.82) is 0 Å². The molecule has 2 N–H and O–H groups in total. The van der Waals surface area contributed by atoms with Gasteiger partial charge in [0.15, 0.2) is 0 Å². The van der Waals surface area contributed by atoms with Gasteiger partial charge in [-0.05, 0) is 37.6 Å². The van der Waals surface area contributed by atoms with Crippen LogP contribution in [0.2, 0.25) is 5.02 Å². The van der Waals surface area contributed by atoms with E-state index in [1.54, 1.807) is 0 Å². The average molecular weight is 236 g/mol. The van der Waals surface area contributed by atoms with E-state index in [1.807, 2.05) is 42.9 Å². The smallest absolute Gasteiger partial charge is 0.0997 e. The van der Waals surface area contributed by atoms with Crippen molar-refractivity contribution in [1.82, 2.24) is 9.55 Å². The van der Waals surface area contributed by atoms with Crippen LogP contribution in [-0.4, -0.2) is 9.55 Å². The van der Waals surface area contributed by atoms with Crippen LogP contribution in [0.25, 0.3) is 5.69 Å². The summed E-state index contributed by atoms with van der Waals surface area (Å²) in [5.41, 5.74) is 9.94. The van der Waals surface area contributed by atoms with Crippen molar-refractivity contribution in [2.24, 2.45) is 5.73 Å². The number of halogens is 1. The lowest BCUT2D eigenvalue weighted by molar-refractivity contribution is 0.952. The second-order valence-electron chi connectivity index (χ2n) is 3.76. The van der Waals surface area contributed by atoms with Crippen molar-refractivity contribution >= 4 is 11.6 Å². The molecule has 0 aliphatic heterocycles. The van der Waals surface area contributed by atoms with Crippen molar-refractivity contribution in [3.8, 4) is 5.69 Å². The lowest BCUT2D eigenvalue weighted by atomic mass is 10.1.